The molecule has 2 aliphatic carbocycles. The Bertz CT molecular complexity index is 661. The minimum atomic E-state index is -0.00548. The Kier molecular flexibility index (Phi) is 8.44. The van der Waals surface area contributed by atoms with Crippen molar-refractivity contribution in [1.82, 2.24) is 10.6 Å². The summed E-state index contributed by atoms with van der Waals surface area (Å²) in [5, 5.41) is 7.41. The summed E-state index contributed by atoms with van der Waals surface area (Å²) in [6, 6.07) is 6.55. The summed E-state index contributed by atoms with van der Waals surface area (Å²) in [6.45, 7) is 6.28. The second kappa shape index (κ2) is 10.8. The van der Waals surface area contributed by atoms with E-state index in [-0.39, 0.29) is 5.91 Å². The van der Waals surface area contributed by atoms with Crippen LogP contribution in [0.1, 0.15) is 94.0 Å². The maximum absolute atomic E-state index is 12.9. The Balaban J connectivity index is 1.52. The Labute approximate surface area is 182 Å². The summed E-state index contributed by atoms with van der Waals surface area (Å²) in [5.74, 6) is 0.879. The van der Waals surface area contributed by atoms with Crippen molar-refractivity contribution in [2.24, 2.45) is 11.3 Å². The van der Waals surface area contributed by atoms with Crippen molar-refractivity contribution >= 4 is 17.5 Å². The van der Waals surface area contributed by atoms with Crippen molar-refractivity contribution in [1.29, 1.82) is 0 Å². The number of rotatable bonds is 10. The minimum absolute atomic E-state index is 0.00548. The van der Waals surface area contributed by atoms with Crippen LogP contribution in [0, 0.1) is 11.3 Å². The third-order valence-electron chi connectivity index (χ3n) is 7.32. The molecule has 1 aromatic rings. The van der Waals surface area contributed by atoms with Crippen LogP contribution >= 0.6 is 11.6 Å². The van der Waals surface area contributed by atoms with E-state index >= 15 is 0 Å². The van der Waals surface area contributed by atoms with E-state index in [9.17, 15) is 4.79 Å². The molecule has 0 spiro atoms. The lowest BCUT2D eigenvalue weighted by atomic mass is 9.62. The third kappa shape index (κ3) is 6.21. The first-order valence-corrected chi connectivity index (χ1v) is 12.2. The number of hydrogen-bond donors (Lipinski definition) is 2. The standard InChI is InChI=1S/C25H39ClN2O/c1-3-21(4-2)27-15-7-10-19-11-12-23(26)22(16-19)24(29)28-18-25-13-5-8-20(17-25)9-6-14-25/h11-12,16,20-21,27H,3-10,13-15,17-18H2,1-2H3,(H,28,29). The Hall–Kier alpha value is -1.06. The number of halogens is 1. The van der Waals surface area contributed by atoms with Crippen LogP contribution < -0.4 is 10.6 Å². The first-order valence-electron chi connectivity index (χ1n) is 11.9. The van der Waals surface area contributed by atoms with E-state index in [1.807, 2.05) is 12.1 Å². The molecule has 0 saturated heterocycles. The van der Waals surface area contributed by atoms with Crippen LogP contribution in [0.15, 0.2) is 18.2 Å². The van der Waals surface area contributed by atoms with E-state index in [0.717, 1.165) is 31.8 Å². The van der Waals surface area contributed by atoms with Gasteiger partial charge in [0.1, 0.15) is 0 Å². The fourth-order valence-electron chi connectivity index (χ4n) is 5.51. The largest absolute Gasteiger partial charge is 0.351 e. The number of benzene rings is 1. The molecular formula is C25H39ClN2O. The lowest BCUT2D eigenvalue weighted by Crippen LogP contribution is -2.43. The Morgan fingerprint density at radius 2 is 1.93 bits per heavy atom. The molecule has 0 aliphatic heterocycles. The molecule has 4 heteroatoms. The highest BCUT2D eigenvalue weighted by molar-refractivity contribution is 6.33. The molecule has 1 aromatic carbocycles. The van der Waals surface area contributed by atoms with Crippen molar-refractivity contribution in [2.45, 2.75) is 90.5 Å². The van der Waals surface area contributed by atoms with Crippen LogP contribution in [0.3, 0.4) is 0 Å². The van der Waals surface area contributed by atoms with E-state index in [4.69, 9.17) is 11.6 Å². The van der Waals surface area contributed by atoms with Gasteiger partial charge in [-0.2, -0.15) is 0 Å². The molecule has 3 nitrogen and oxygen atoms in total. The van der Waals surface area contributed by atoms with E-state index in [1.54, 1.807) is 0 Å². The van der Waals surface area contributed by atoms with E-state index in [0.29, 0.717) is 22.0 Å². The smallest absolute Gasteiger partial charge is 0.252 e. The van der Waals surface area contributed by atoms with Gasteiger partial charge < -0.3 is 10.6 Å². The van der Waals surface area contributed by atoms with Crippen LogP contribution in [-0.2, 0) is 6.42 Å². The molecule has 0 unspecified atom stereocenters. The van der Waals surface area contributed by atoms with Gasteiger partial charge in [-0.1, -0.05) is 57.2 Å². The number of aryl methyl sites for hydroxylation is 1. The number of hydrogen-bond acceptors (Lipinski definition) is 2. The van der Waals surface area contributed by atoms with Gasteiger partial charge in [0, 0.05) is 12.6 Å². The maximum atomic E-state index is 12.9. The zero-order valence-electron chi connectivity index (χ0n) is 18.4. The molecule has 2 fully saturated rings. The quantitative estimate of drug-likeness (QED) is 0.448. The van der Waals surface area contributed by atoms with E-state index < -0.39 is 0 Å². The third-order valence-corrected chi connectivity index (χ3v) is 7.65. The molecule has 3 rings (SSSR count). The molecule has 0 heterocycles. The molecular weight excluding hydrogens is 380 g/mol. The summed E-state index contributed by atoms with van der Waals surface area (Å²) >= 11 is 6.38. The van der Waals surface area contributed by atoms with Crippen molar-refractivity contribution in [2.75, 3.05) is 13.1 Å². The van der Waals surface area contributed by atoms with Gasteiger partial charge in [0.2, 0.25) is 0 Å². The minimum Gasteiger partial charge on any atom is -0.351 e. The first-order chi connectivity index (χ1) is 14.0. The molecule has 2 saturated carbocycles. The predicted octanol–water partition coefficient (Wildman–Crippen LogP) is 6.14. The molecule has 0 aromatic heterocycles. The van der Waals surface area contributed by atoms with Crippen LogP contribution in [0.25, 0.3) is 0 Å². The van der Waals surface area contributed by atoms with Gasteiger partial charge in [-0.3, -0.25) is 4.79 Å². The van der Waals surface area contributed by atoms with Gasteiger partial charge in [-0.05, 0) is 80.5 Å². The van der Waals surface area contributed by atoms with Crippen molar-refractivity contribution in [3.63, 3.8) is 0 Å². The normalized spacial score (nSPS) is 23.9. The highest BCUT2D eigenvalue weighted by Gasteiger charge is 2.39. The van der Waals surface area contributed by atoms with Gasteiger partial charge in [-0.25, -0.2) is 0 Å². The number of fused-ring (bicyclic) bond motifs is 2. The van der Waals surface area contributed by atoms with Gasteiger partial charge in [-0.15, -0.1) is 0 Å². The maximum Gasteiger partial charge on any atom is 0.252 e. The monoisotopic (exact) mass is 418 g/mol. The van der Waals surface area contributed by atoms with Crippen LogP contribution in [0.4, 0.5) is 0 Å². The van der Waals surface area contributed by atoms with Crippen molar-refractivity contribution in [3.8, 4) is 0 Å². The zero-order valence-corrected chi connectivity index (χ0v) is 19.1. The highest BCUT2D eigenvalue weighted by atomic mass is 35.5. The molecule has 0 radical (unpaired) electrons. The highest BCUT2D eigenvalue weighted by Crippen LogP contribution is 2.48. The summed E-state index contributed by atoms with van der Waals surface area (Å²) < 4.78 is 0. The van der Waals surface area contributed by atoms with Crippen LogP contribution in [0.5, 0.6) is 0 Å². The Morgan fingerprint density at radius 1 is 1.21 bits per heavy atom. The molecule has 0 atom stereocenters. The molecule has 2 bridgehead atoms. The van der Waals surface area contributed by atoms with Crippen molar-refractivity contribution in [3.05, 3.63) is 34.3 Å². The summed E-state index contributed by atoms with van der Waals surface area (Å²) in [5.41, 5.74) is 2.16. The number of nitrogens with one attached hydrogen (secondary N) is 2. The van der Waals surface area contributed by atoms with Crippen molar-refractivity contribution < 1.29 is 4.79 Å². The fourth-order valence-corrected chi connectivity index (χ4v) is 5.71. The molecule has 29 heavy (non-hydrogen) atoms. The lowest BCUT2D eigenvalue weighted by Gasteiger charge is -2.45. The van der Waals surface area contributed by atoms with E-state index in [1.165, 1.54) is 63.4 Å². The van der Waals surface area contributed by atoms with Gasteiger partial charge >= 0.3 is 0 Å². The lowest BCUT2D eigenvalue weighted by molar-refractivity contribution is 0.0682. The average molecular weight is 419 g/mol. The van der Waals surface area contributed by atoms with Gasteiger partial charge in [0.05, 0.1) is 10.6 Å². The first kappa shape index (κ1) is 22.6. The molecule has 2 N–H and O–H groups in total. The second-order valence-electron chi connectivity index (χ2n) is 9.42. The van der Waals surface area contributed by atoms with Gasteiger partial charge in [0.25, 0.3) is 5.91 Å². The SMILES string of the molecule is CCC(CC)NCCCc1ccc(Cl)c(C(=O)NCC23CCCC(CCC2)C3)c1. The van der Waals surface area contributed by atoms with Gasteiger partial charge in [0.15, 0.2) is 0 Å². The average Bonchev–Trinajstić information content (AvgIpc) is 2.73. The van der Waals surface area contributed by atoms with E-state index in [2.05, 4.69) is 30.5 Å². The number of carbonyl (C=O) groups is 1. The second-order valence-corrected chi connectivity index (χ2v) is 9.83. The van der Waals surface area contributed by atoms with Crippen LogP contribution in [-0.4, -0.2) is 25.0 Å². The molecule has 162 valence electrons. The fraction of sp³-hybridized carbons (Fsp3) is 0.720. The molecule has 1 amide bonds. The Morgan fingerprint density at radius 3 is 2.62 bits per heavy atom. The number of carbonyl (C=O) groups excluding carboxylic acids is 1. The summed E-state index contributed by atoms with van der Waals surface area (Å²) in [7, 11) is 0. The summed E-state index contributed by atoms with van der Waals surface area (Å²) in [6.07, 6.45) is 13.6. The summed E-state index contributed by atoms with van der Waals surface area (Å²) in [4.78, 5) is 12.9. The zero-order chi connectivity index (χ0) is 20.7. The number of amides is 1. The predicted molar refractivity (Wildman–Crippen MR) is 123 cm³/mol. The van der Waals surface area contributed by atoms with Crippen LogP contribution in [0.2, 0.25) is 5.02 Å². The molecule has 2 aliphatic rings. The topological polar surface area (TPSA) is 41.1 Å².